The lowest BCUT2D eigenvalue weighted by Gasteiger charge is -2.28. The summed E-state index contributed by atoms with van der Waals surface area (Å²) in [4.78, 5) is 42.4. The first-order chi connectivity index (χ1) is 18.5. The molecule has 1 aromatic heterocycles. The molecule has 3 aromatic rings. The number of ketones is 1. The summed E-state index contributed by atoms with van der Waals surface area (Å²) in [5.74, 6) is -4.24. The Morgan fingerprint density at radius 2 is 1.41 bits per heavy atom. The molecule has 0 aliphatic heterocycles. The quantitative estimate of drug-likeness (QED) is 0.221. The molecule has 2 atom stereocenters. The number of benzene rings is 2. The van der Waals surface area contributed by atoms with Crippen LogP contribution in [-0.2, 0) is 14.3 Å². The van der Waals surface area contributed by atoms with Gasteiger partial charge in [-0.1, -0.05) is 38.1 Å². The van der Waals surface area contributed by atoms with Gasteiger partial charge in [-0.25, -0.2) is 13.8 Å². The van der Waals surface area contributed by atoms with Gasteiger partial charge in [0.15, 0.2) is 17.2 Å². The number of Topliss-reactive ketones (excluding diaryl/α,β-unsaturated/α-hetero) is 1. The minimum atomic E-state index is -0.847. The number of pyridine rings is 1. The van der Waals surface area contributed by atoms with Crippen molar-refractivity contribution < 1.29 is 37.4 Å². The molecule has 7 nitrogen and oxygen atoms in total. The fraction of sp³-hybridized carbons (Fsp3) is 0.333. The smallest absolute Gasteiger partial charge is 0.309 e. The average molecular weight is 540 g/mol. The van der Waals surface area contributed by atoms with Crippen molar-refractivity contribution in [3.05, 3.63) is 89.2 Å². The molecular weight excluding hydrogens is 508 g/mol. The van der Waals surface area contributed by atoms with Crippen molar-refractivity contribution in [3.8, 4) is 11.5 Å². The summed E-state index contributed by atoms with van der Waals surface area (Å²) in [6.07, 6.45) is 0.353. The minimum absolute atomic E-state index is 0.116. The highest BCUT2D eigenvalue weighted by atomic mass is 19.1. The third-order valence-corrected chi connectivity index (χ3v) is 6.34. The van der Waals surface area contributed by atoms with Gasteiger partial charge in [0.2, 0.25) is 5.75 Å². The Labute approximate surface area is 226 Å². The number of hydrogen-bond donors (Lipinski definition) is 0. The molecule has 0 aliphatic rings. The fourth-order valence-electron chi connectivity index (χ4n) is 4.33. The van der Waals surface area contributed by atoms with E-state index in [0.29, 0.717) is 11.1 Å². The number of nitrogens with zero attached hydrogens (tertiary/aromatic N) is 1. The van der Waals surface area contributed by atoms with Crippen LogP contribution in [0.4, 0.5) is 8.78 Å². The number of rotatable bonds is 11. The second-order valence-electron chi connectivity index (χ2n) is 9.49. The van der Waals surface area contributed by atoms with Crippen molar-refractivity contribution in [2.24, 2.45) is 11.8 Å². The fourth-order valence-corrected chi connectivity index (χ4v) is 4.33. The van der Waals surface area contributed by atoms with Crippen LogP contribution in [0.3, 0.4) is 0 Å². The summed E-state index contributed by atoms with van der Waals surface area (Å²) < 4.78 is 43.5. The SMILES string of the molecule is COc1ccnc(C(=O)C[C@H](C(=O)O[C@@H](C)C(c2ccc(F)cc2)c2ccc(F)cc2)C(C)C)c1OC(C)=O. The Bertz CT molecular complexity index is 1260. The topological polar surface area (TPSA) is 91.8 Å². The first kappa shape index (κ1) is 29.4. The van der Waals surface area contributed by atoms with Crippen LogP contribution in [0.15, 0.2) is 60.8 Å². The average Bonchev–Trinajstić information content (AvgIpc) is 2.89. The maximum absolute atomic E-state index is 13.6. The molecule has 0 amide bonds. The Morgan fingerprint density at radius 3 is 1.87 bits per heavy atom. The number of aromatic nitrogens is 1. The van der Waals surface area contributed by atoms with E-state index in [4.69, 9.17) is 14.2 Å². The van der Waals surface area contributed by atoms with Gasteiger partial charge in [-0.3, -0.25) is 14.4 Å². The predicted octanol–water partition coefficient (Wildman–Crippen LogP) is 5.90. The van der Waals surface area contributed by atoms with Crippen molar-refractivity contribution in [2.75, 3.05) is 7.11 Å². The predicted molar refractivity (Wildman–Crippen MR) is 140 cm³/mol. The Morgan fingerprint density at radius 1 is 0.872 bits per heavy atom. The van der Waals surface area contributed by atoms with Crippen LogP contribution >= 0.6 is 0 Å². The summed E-state index contributed by atoms with van der Waals surface area (Å²) in [5.41, 5.74) is 1.21. The molecule has 9 heteroatoms. The van der Waals surface area contributed by atoms with E-state index >= 15 is 0 Å². The van der Waals surface area contributed by atoms with Crippen LogP contribution in [0.5, 0.6) is 11.5 Å². The van der Waals surface area contributed by atoms with E-state index in [0.717, 1.165) is 0 Å². The second kappa shape index (κ2) is 13.1. The van der Waals surface area contributed by atoms with Crippen LogP contribution in [0.1, 0.15) is 61.6 Å². The molecule has 0 aliphatic carbocycles. The van der Waals surface area contributed by atoms with Gasteiger partial charge in [-0.05, 0) is 48.2 Å². The largest absolute Gasteiger partial charge is 0.493 e. The van der Waals surface area contributed by atoms with E-state index in [9.17, 15) is 23.2 Å². The number of hydrogen-bond acceptors (Lipinski definition) is 7. The zero-order valence-electron chi connectivity index (χ0n) is 22.4. The molecule has 0 bridgehead atoms. The molecule has 0 spiro atoms. The van der Waals surface area contributed by atoms with Gasteiger partial charge in [-0.15, -0.1) is 0 Å². The molecule has 0 radical (unpaired) electrons. The zero-order chi connectivity index (χ0) is 28.7. The van der Waals surface area contributed by atoms with Crippen molar-refractivity contribution in [1.82, 2.24) is 4.98 Å². The van der Waals surface area contributed by atoms with Crippen molar-refractivity contribution >= 4 is 17.7 Å². The van der Waals surface area contributed by atoms with Gasteiger partial charge in [0, 0.05) is 31.5 Å². The van der Waals surface area contributed by atoms with Gasteiger partial charge in [0.1, 0.15) is 17.7 Å². The minimum Gasteiger partial charge on any atom is -0.493 e. The third kappa shape index (κ3) is 7.46. The van der Waals surface area contributed by atoms with Crippen molar-refractivity contribution in [2.45, 2.75) is 46.1 Å². The molecule has 0 unspecified atom stereocenters. The molecule has 0 fully saturated rings. The summed E-state index contributed by atoms with van der Waals surface area (Å²) >= 11 is 0. The first-order valence-electron chi connectivity index (χ1n) is 12.5. The summed E-state index contributed by atoms with van der Waals surface area (Å²) in [7, 11) is 1.37. The Kier molecular flexibility index (Phi) is 9.87. The number of carbonyl (C=O) groups excluding carboxylic acids is 3. The number of methoxy groups -OCH3 is 1. The Balaban J connectivity index is 1.87. The molecule has 206 valence electrons. The number of ether oxygens (including phenoxy) is 3. The highest BCUT2D eigenvalue weighted by Gasteiger charge is 2.33. The molecule has 2 aromatic carbocycles. The van der Waals surface area contributed by atoms with Gasteiger partial charge in [0.25, 0.3) is 0 Å². The molecular formula is C30H31F2NO6. The van der Waals surface area contributed by atoms with Gasteiger partial charge in [-0.2, -0.15) is 0 Å². The molecule has 0 saturated carbocycles. The highest BCUT2D eigenvalue weighted by molar-refractivity contribution is 6.00. The normalized spacial score (nSPS) is 12.6. The standard InChI is InChI=1S/C30H31F2NO6/c1-17(2)24(16-25(35)28-29(39-19(4)34)26(37-5)14-15-33-28)30(36)38-18(3)27(20-6-10-22(31)11-7-20)21-8-12-23(32)13-9-21/h6-15,17-18,24,27H,16H2,1-5H3/t18-,24-/m0/s1. The maximum atomic E-state index is 13.6. The molecule has 39 heavy (non-hydrogen) atoms. The van der Waals surface area contributed by atoms with E-state index in [-0.39, 0.29) is 29.5 Å². The number of carbonyl (C=O) groups is 3. The van der Waals surface area contributed by atoms with Crippen LogP contribution < -0.4 is 9.47 Å². The van der Waals surface area contributed by atoms with Crippen LogP contribution in [-0.4, -0.2) is 35.9 Å². The lowest BCUT2D eigenvalue weighted by Crippen LogP contribution is -2.31. The van der Waals surface area contributed by atoms with Gasteiger partial charge in [0.05, 0.1) is 13.0 Å². The van der Waals surface area contributed by atoms with Gasteiger partial charge < -0.3 is 14.2 Å². The molecule has 0 N–H and O–H groups in total. The van der Waals surface area contributed by atoms with Crippen molar-refractivity contribution in [1.29, 1.82) is 0 Å². The van der Waals surface area contributed by atoms with E-state index in [2.05, 4.69) is 4.98 Å². The third-order valence-electron chi connectivity index (χ3n) is 6.34. The first-order valence-corrected chi connectivity index (χ1v) is 12.5. The van der Waals surface area contributed by atoms with Crippen molar-refractivity contribution in [3.63, 3.8) is 0 Å². The van der Waals surface area contributed by atoms with Crippen LogP contribution in [0.2, 0.25) is 0 Å². The molecule has 0 saturated heterocycles. The molecule has 3 rings (SSSR count). The second-order valence-corrected chi connectivity index (χ2v) is 9.49. The van der Waals surface area contributed by atoms with Crippen LogP contribution in [0.25, 0.3) is 0 Å². The van der Waals surface area contributed by atoms with E-state index in [1.165, 1.54) is 50.6 Å². The van der Waals surface area contributed by atoms with E-state index in [1.54, 1.807) is 45.0 Å². The van der Waals surface area contributed by atoms with E-state index < -0.39 is 47.3 Å². The lowest BCUT2D eigenvalue weighted by atomic mass is 9.86. The number of halogens is 2. The molecule has 1 heterocycles. The lowest BCUT2D eigenvalue weighted by molar-refractivity contribution is -0.155. The van der Waals surface area contributed by atoms with E-state index in [1.807, 2.05) is 0 Å². The monoisotopic (exact) mass is 539 g/mol. The number of esters is 2. The van der Waals surface area contributed by atoms with Gasteiger partial charge >= 0.3 is 11.9 Å². The van der Waals surface area contributed by atoms with Crippen LogP contribution in [0, 0.1) is 23.5 Å². The summed E-state index contributed by atoms with van der Waals surface area (Å²) in [6.45, 7) is 6.45. The maximum Gasteiger partial charge on any atom is 0.309 e. The summed E-state index contributed by atoms with van der Waals surface area (Å²) in [5, 5.41) is 0. The Hall–Kier alpha value is -4.14. The highest BCUT2D eigenvalue weighted by Crippen LogP contribution is 2.34. The summed E-state index contributed by atoms with van der Waals surface area (Å²) in [6, 6.07) is 13.0. The zero-order valence-corrected chi connectivity index (χ0v) is 22.4.